The molecule has 4 aliphatic rings. The second-order valence-corrected chi connectivity index (χ2v) is 24.2. The van der Waals surface area contributed by atoms with Crippen LogP contribution in [0.4, 0.5) is 4.79 Å². The second-order valence-electron chi connectivity index (χ2n) is 24.2. The summed E-state index contributed by atoms with van der Waals surface area (Å²) in [5.74, 6) is -9.18. The topological polar surface area (TPSA) is 315 Å². The predicted octanol–water partition coefficient (Wildman–Crippen LogP) is 5.09. The van der Waals surface area contributed by atoms with Crippen LogP contribution in [0.2, 0.25) is 0 Å². The van der Waals surface area contributed by atoms with E-state index in [9.17, 15) is 44.1 Å². The number of Topliss-reactive ketones (excluding diaryl/α,β-unsaturated/α-hetero) is 3. The number of allylic oxidation sites excluding steroid dienone is 6. The maximum atomic E-state index is 14.6. The summed E-state index contributed by atoms with van der Waals surface area (Å²) in [4.78, 5) is 85.2. The molecule has 0 radical (unpaired) electrons. The minimum atomic E-state index is -2.50. The lowest BCUT2D eigenvalue weighted by Gasteiger charge is -2.42. The molecule has 2 amide bonds. The van der Waals surface area contributed by atoms with Crippen LogP contribution in [-0.2, 0) is 80.8 Å². The highest BCUT2D eigenvalue weighted by molar-refractivity contribution is 6.39. The molecule has 0 aromatic heterocycles. The van der Waals surface area contributed by atoms with E-state index in [1.807, 2.05) is 51.2 Å². The molecule has 2 saturated heterocycles. The number of carbonyl (C=O) groups excluding carboxylic acids is 6. The Morgan fingerprint density at radius 2 is 1.33 bits per heavy atom. The maximum Gasteiger partial charge on any atom is 0.407 e. The first kappa shape index (κ1) is 78.1. The number of ether oxygens (including phenoxy) is 12. The molecule has 90 heavy (non-hydrogen) atoms. The summed E-state index contributed by atoms with van der Waals surface area (Å²) in [5.41, 5.74) is 8.00. The smallest absolute Gasteiger partial charge is 0.407 e. The minimum Gasteiger partial charge on any atom is -0.459 e. The molecule has 3 fully saturated rings. The van der Waals surface area contributed by atoms with Crippen LogP contribution in [0, 0.1) is 29.6 Å². The van der Waals surface area contributed by atoms with Gasteiger partial charge < -0.3 is 88.1 Å². The summed E-state index contributed by atoms with van der Waals surface area (Å²) < 4.78 is 68.1. The zero-order valence-corrected chi connectivity index (χ0v) is 55.1. The standard InChI is InChI=1S/C66H109N3O21/c1-10-81-26-27-83-30-31-85-34-35-87-37-36-86-33-32-84-29-28-82-25-23-68-65(77)89-55-22-20-50(41-58(55)80-9)40-52(67)57-43-54(70)46(4)39-48(6)60(72)61(73)59(71)47(5)38-44(2)16-12-11-13-17-45(3)56(79-8)42-51-21-19-49(7)66(78,90-51)62(74)63(75)69-24-15-14-18-53(69)64(76)88-57/h11-13,16-17,39,44,46-47,49-53,55-58,60-61,72-73,78H,10,14-15,18-38,40-43,67H2,1-9H3,(H,68,77)/b13-11+,16-12+,45-17+,48-39+/t44-,46?,47?,49-,50+,51+,52-,53?,55-,56+,57+,58-,60-,61+,66-/m1/s1. The van der Waals surface area contributed by atoms with Crippen molar-refractivity contribution in [1.29, 1.82) is 0 Å². The number of hydrogen-bond acceptors (Lipinski definition) is 22. The number of amides is 2. The fourth-order valence-corrected chi connectivity index (χ4v) is 11.7. The van der Waals surface area contributed by atoms with Gasteiger partial charge in [-0.3, -0.25) is 19.2 Å². The quantitative estimate of drug-likeness (QED) is 0.0295. The number of methoxy groups -OCH3 is 2. The van der Waals surface area contributed by atoms with Gasteiger partial charge in [0.05, 0.1) is 104 Å². The molecule has 1 aliphatic carbocycles. The molecule has 15 atom stereocenters. The van der Waals surface area contributed by atoms with Crippen LogP contribution >= 0.6 is 0 Å². The average Bonchev–Trinajstić information content (AvgIpc) is 0.874. The lowest BCUT2D eigenvalue weighted by atomic mass is 9.80. The second kappa shape index (κ2) is 42.8. The average molecular weight is 1280 g/mol. The molecule has 4 rings (SSSR count). The molecule has 3 heterocycles. The molecule has 3 unspecified atom stereocenters. The van der Waals surface area contributed by atoms with Crippen LogP contribution in [0.25, 0.3) is 0 Å². The van der Waals surface area contributed by atoms with Crippen molar-refractivity contribution in [1.82, 2.24) is 10.2 Å². The molecule has 0 aromatic carbocycles. The number of fused-ring (bicyclic) bond motifs is 3. The molecule has 1 saturated carbocycles. The van der Waals surface area contributed by atoms with Crippen molar-refractivity contribution in [3.05, 3.63) is 47.6 Å². The number of rotatable bonds is 28. The number of cyclic esters (lactones) is 1. The molecule has 2 bridgehead atoms. The third-order valence-electron chi connectivity index (χ3n) is 17.2. The third-order valence-corrected chi connectivity index (χ3v) is 17.2. The first-order valence-corrected chi connectivity index (χ1v) is 32.5. The Morgan fingerprint density at radius 1 is 0.722 bits per heavy atom. The highest BCUT2D eigenvalue weighted by atomic mass is 16.6. The lowest BCUT2D eigenvalue weighted by Crippen LogP contribution is -2.61. The zero-order chi connectivity index (χ0) is 66.0. The van der Waals surface area contributed by atoms with Crippen molar-refractivity contribution in [2.75, 3.05) is 120 Å². The van der Waals surface area contributed by atoms with E-state index in [-0.39, 0.29) is 56.4 Å². The highest BCUT2D eigenvalue weighted by Crippen LogP contribution is 2.37. The van der Waals surface area contributed by atoms with E-state index in [0.717, 1.165) is 10.5 Å². The summed E-state index contributed by atoms with van der Waals surface area (Å²) in [7, 11) is 3.07. The van der Waals surface area contributed by atoms with Gasteiger partial charge in [-0.15, -0.1) is 0 Å². The Labute approximate surface area is 533 Å². The van der Waals surface area contributed by atoms with Gasteiger partial charge in [0.1, 0.15) is 36.2 Å². The minimum absolute atomic E-state index is 0.00842. The van der Waals surface area contributed by atoms with Crippen molar-refractivity contribution in [2.24, 2.45) is 35.3 Å². The van der Waals surface area contributed by atoms with Gasteiger partial charge in [0.25, 0.3) is 11.7 Å². The van der Waals surface area contributed by atoms with Crippen molar-refractivity contribution in [3.8, 4) is 0 Å². The van der Waals surface area contributed by atoms with Crippen LogP contribution in [0.1, 0.15) is 126 Å². The van der Waals surface area contributed by atoms with E-state index in [4.69, 9.17) is 62.6 Å². The van der Waals surface area contributed by atoms with Crippen molar-refractivity contribution >= 4 is 35.3 Å². The SMILES string of the molecule is CCOCCOCCOCCOCCOCCOCCOCCNC(=O)O[C@@H]1CC[C@@H](C[C@@H](N)[C@@H]2CC(=O)C(C)/C=C(\C)[C@@H](O)[C@@H](O)C(=O)C(C)C[C@H](C)/C=C/C=C/C=C(\C)[C@@H](OC)C[C@@H]3CC[C@@H](C)[C@@](O)(O3)C(=O)C(=O)N3CCCCC3C(=O)O2)C[C@H]1OC. The Balaban J connectivity index is 1.37. The number of aliphatic hydroxyl groups excluding tert-OH is 2. The number of alkyl carbamates (subject to hydrolysis) is 1. The number of aliphatic hydroxyl groups is 3. The van der Waals surface area contributed by atoms with Gasteiger partial charge in [-0.1, -0.05) is 64.2 Å². The number of nitrogens with zero attached hydrogens (tertiary/aromatic N) is 1. The Bertz CT molecular complexity index is 2280. The molecular formula is C66H109N3O21. The van der Waals surface area contributed by atoms with Gasteiger partial charge in [0.2, 0.25) is 5.79 Å². The van der Waals surface area contributed by atoms with Gasteiger partial charge >= 0.3 is 12.1 Å². The molecule has 0 spiro atoms. The normalized spacial score (nSPS) is 32.4. The summed E-state index contributed by atoms with van der Waals surface area (Å²) >= 11 is 0. The Morgan fingerprint density at radius 3 is 1.93 bits per heavy atom. The van der Waals surface area contributed by atoms with Gasteiger partial charge in [0.15, 0.2) is 5.78 Å². The van der Waals surface area contributed by atoms with Crippen LogP contribution in [0.3, 0.4) is 0 Å². The fourth-order valence-electron chi connectivity index (χ4n) is 11.7. The first-order chi connectivity index (χ1) is 43.1. The number of nitrogens with two attached hydrogens (primary N) is 1. The van der Waals surface area contributed by atoms with Crippen molar-refractivity contribution in [2.45, 2.75) is 186 Å². The molecule has 0 aromatic rings. The molecule has 3 aliphatic heterocycles. The van der Waals surface area contributed by atoms with Crippen LogP contribution in [-0.4, -0.2) is 236 Å². The third kappa shape index (κ3) is 26.9. The Kier molecular flexibility index (Phi) is 37.1. The van der Waals surface area contributed by atoms with E-state index in [2.05, 4.69) is 5.32 Å². The first-order valence-electron chi connectivity index (χ1n) is 32.5. The molecule has 6 N–H and O–H groups in total. The summed E-state index contributed by atoms with van der Waals surface area (Å²) in [6.45, 7) is 18.6. The fraction of sp³-hybridized carbons (Fsp3) is 0.788. The van der Waals surface area contributed by atoms with E-state index in [1.165, 1.54) is 20.1 Å². The summed E-state index contributed by atoms with van der Waals surface area (Å²) in [6, 6.07) is -2.22. The van der Waals surface area contributed by atoms with Crippen LogP contribution in [0.5, 0.6) is 0 Å². The monoisotopic (exact) mass is 1280 g/mol. The summed E-state index contributed by atoms with van der Waals surface area (Å²) in [6.07, 6.45) is 7.06. The number of esters is 1. The maximum absolute atomic E-state index is 14.6. The van der Waals surface area contributed by atoms with E-state index >= 15 is 0 Å². The molecule has 514 valence electrons. The molecule has 24 heteroatoms. The van der Waals surface area contributed by atoms with Gasteiger partial charge in [-0.05, 0) is 108 Å². The number of carbonyl (C=O) groups is 6. The van der Waals surface area contributed by atoms with Crippen LogP contribution < -0.4 is 11.1 Å². The van der Waals surface area contributed by atoms with Crippen LogP contribution in [0.15, 0.2) is 47.6 Å². The summed E-state index contributed by atoms with van der Waals surface area (Å²) in [5, 5.41) is 37.1. The van der Waals surface area contributed by atoms with Gasteiger partial charge in [-0.2, -0.15) is 0 Å². The lowest BCUT2D eigenvalue weighted by molar-refractivity contribution is -0.265. The number of hydrogen-bond donors (Lipinski definition) is 5. The molecule has 24 nitrogen and oxygen atoms in total. The van der Waals surface area contributed by atoms with Crippen molar-refractivity contribution < 1.29 is 101 Å². The number of ketones is 3. The van der Waals surface area contributed by atoms with E-state index in [1.54, 1.807) is 27.9 Å². The predicted molar refractivity (Wildman–Crippen MR) is 333 cm³/mol. The van der Waals surface area contributed by atoms with Gasteiger partial charge in [-0.25, -0.2) is 9.59 Å². The van der Waals surface area contributed by atoms with E-state index < -0.39 is 120 Å². The Hall–Kier alpha value is -4.38. The highest BCUT2D eigenvalue weighted by Gasteiger charge is 2.53. The van der Waals surface area contributed by atoms with Gasteiger partial charge in [0, 0.05) is 70.6 Å². The molecular weight excluding hydrogens is 1170 g/mol. The largest absolute Gasteiger partial charge is 0.459 e. The number of nitrogens with one attached hydrogen (secondary N) is 1. The van der Waals surface area contributed by atoms with Crippen molar-refractivity contribution in [3.63, 3.8) is 0 Å². The number of piperidine rings is 1. The van der Waals surface area contributed by atoms with E-state index in [0.29, 0.717) is 137 Å². The zero-order valence-electron chi connectivity index (χ0n) is 55.1.